The third kappa shape index (κ3) is 4.94. The summed E-state index contributed by atoms with van der Waals surface area (Å²) in [4.78, 5) is 12.7. The summed E-state index contributed by atoms with van der Waals surface area (Å²) in [6.07, 6.45) is -9.54. The van der Waals surface area contributed by atoms with Crippen molar-refractivity contribution in [2.45, 2.75) is 25.4 Å². The number of halogens is 6. The zero-order valence-electron chi connectivity index (χ0n) is 14.4. The maximum atomic E-state index is 13.1. The first kappa shape index (κ1) is 21.5. The maximum Gasteiger partial charge on any atom is 0.490 e. The van der Waals surface area contributed by atoms with Gasteiger partial charge in [-0.15, -0.1) is 0 Å². The number of alkyl halides is 6. The van der Waals surface area contributed by atoms with E-state index in [1.54, 1.807) is 24.3 Å². The van der Waals surface area contributed by atoms with Gasteiger partial charge in [-0.1, -0.05) is 12.1 Å². The highest BCUT2D eigenvalue weighted by Crippen LogP contribution is 2.35. The Labute approximate surface area is 154 Å². The molecule has 0 amide bonds. The van der Waals surface area contributed by atoms with E-state index in [-0.39, 0.29) is 6.54 Å². The molecule has 6 nitrogen and oxygen atoms in total. The Balaban J connectivity index is 0.000000345. The van der Waals surface area contributed by atoms with Crippen molar-refractivity contribution in [3.05, 3.63) is 35.8 Å². The van der Waals surface area contributed by atoms with Crippen molar-refractivity contribution in [1.29, 1.82) is 0 Å². The summed E-state index contributed by atoms with van der Waals surface area (Å²) in [7, 11) is 1.52. The van der Waals surface area contributed by atoms with Gasteiger partial charge in [0.25, 0.3) is 0 Å². The Morgan fingerprint density at radius 1 is 1.25 bits per heavy atom. The standard InChI is InChI=1S/C14H14F3N3O.C2HF3O2/c1-21-10-4-2-3-9(7-10)12-11-8-18-5-6-20(11)13(19-12)14(15,16)17;3-2(4,5)1(6)7/h2-4,7,18H,5-6,8H2,1H3;(H,6,7). The van der Waals surface area contributed by atoms with E-state index in [0.717, 1.165) is 0 Å². The second kappa shape index (κ2) is 8.09. The van der Waals surface area contributed by atoms with Crippen molar-refractivity contribution in [2.24, 2.45) is 0 Å². The molecular weight excluding hydrogens is 396 g/mol. The molecule has 2 N–H and O–H groups in total. The molecule has 154 valence electrons. The topological polar surface area (TPSA) is 76.4 Å². The molecule has 1 aromatic heterocycles. The fraction of sp³-hybridized carbons (Fsp3) is 0.375. The minimum absolute atomic E-state index is 0.265. The Kier molecular flexibility index (Phi) is 6.22. The number of rotatable bonds is 2. The molecule has 1 aliphatic rings. The van der Waals surface area contributed by atoms with Crippen LogP contribution in [0.3, 0.4) is 0 Å². The van der Waals surface area contributed by atoms with Gasteiger partial charge in [-0.25, -0.2) is 9.78 Å². The number of carboxylic acids is 1. The first-order valence-electron chi connectivity index (χ1n) is 7.77. The molecule has 3 rings (SSSR count). The highest BCUT2D eigenvalue weighted by Gasteiger charge is 2.39. The Bertz CT molecular complexity index is 845. The molecule has 0 atom stereocenters. The fourth-order valence-corrected chi connectivity index (χ4v) is 2.52. The molecule has 0 fully saturated rings. The number of aromatic nitrogens is 2. The molecule has 0 radical (unpaired) electrons. The largest absolute Gasteiger partial charge is 0.497 e. The maximum absolute atomic E-state index is 13.1. The van der Waals surface area contributed by atoms with Gasteiger partial charge < -0.3 is 19.7 Å². The number of imidazole rings is 1. The molecule has 12 heteroatoms. The summed E-state index contributed by atoms with van der Waals surface area (Å²) in [5.74, 6) is -3.00. The van der Waals surface area contributed by atoms with Gasteiger partial charge in [-0.2, -0.15) is 26.3 Å². The van der Waals surface area contributed by atoms with Gasteiger partial charge in [0, 0.05) is 25.2 Å². The van der Waals surface area contributed by atoms with Gasteiger partial charge in [-0.05, 0) is 12.1 Å². The van der Waals surface area contributed by atoms with Gasteiger partial charge in [0.05, 0.1) is 18.5 Å². The first-order chi connectivity index (χ1) is 12.9. The van der Waals surface area contributed by atoms with E-state index in [2.05, 4.69) is 10.3 Å². The minimum Gasteiger partial charge on any atom is -0.497 e. The first-order valence-corrected chi connectivity index (χ1v) is 7.77. The van der Waals surface area contributed by atoms with Crippen LogP contribution in [-0.4, -0.2) is 40.5 Å². The van der Waals surface area contributed by atoms with Crippen molar-refractivity contribution in [1.82, 2.24) is 14.9 Å². The van der Waals surface area contributed by atoms with Crippen molar-refractivity contribution >= 4 is 5.97 Å². The van der Waals surface area contributed by atoms with Crippen molar-refractivity contribution < 1.29 is 41.0 Å². The Morgan fingerprint density at radius 3 is 2.43 bits per heavy atom. The van der Waals surface area contributed by atoms with Crippen LogP contribution in [0, 0.1) is 0 Å². The fourth-order valence-electron chi connectivity index (χ4n) is 2.52. The number of benzene rings is 1. The highest BCUT2D eigenvalue weighted by atomic mass is 19.4. The minimum atomic E-state index is -5.08. The zero-order chi connectivity index (χ0) is 21.1. The number of methoxy groups -OCH3 is 1. The Hall–Kier alpha value is -2.76. The van der Waals surface area contributed by atoms with Crippen LogP contribution in [0.25, 0.3) is 11.3 Å². The molecular formula is C16H15F6N3O3. The van der Waals surface area contributed by atoms with Crippen LogP contribution in [0.2, 0.25) is 0 Å². The SMILES string of the molecule is COc1cccc(-c2nc(C(F)(F)F)n3c2CNCC3)c1.O=C(O)C(F)(F)F. The molecule has 0 saturated heterocycles. The Morgan fingerprint density at radius 2 is 1.89 bits per heavy atom. The predicted molar refractivity (Wildman–Crippen MR) is 84.6 cm³/mol. The second-order valence-electron chi connectivity index (χ2n) is 5.59. The molecule has 1 aromatic carbocycles. The van der Waals surface area contributed by atoms with Crippen LogP contribution >= 0.6 is 0 Å². The van der Waals surface area contributed by atoms with Crippen LogP contribution < -0.4 is 10.1 Å². The van der Waals surface area contributed by atoms with Crippen molar-refractivity contribution in [3.63, 3.8) is 0 Å². The van der Waals surface area contributed by atoms with E-state index in [0.29, 0.717) is 35.8 Å². The average Bonchev–Trinajstić information content (AvgIpc) is 3.01. The lowest BCUT2D eigenvalue weighted by Crippen LogP contribution is -2.30. The zero-order valence-corrected chi connectivity index (χ0v) is 14.4. The van der Waals surface area contributed by atoms with E-state index < -0.39 is 24.1 Å². The lowest BCUT2D eigenvalue weighted by Gasteiger charge is -2.19. The summed E-state index contributed by atoms with van der Waals surface area (Å²) in [5.41, 5.74) is 1.53. The number of carboxylic acid groups (broad SMARTS) is 1. The van der Waals surface area contributed by atoms with Gasteiger partial charge in [-0.3, -0.25) is 0 Å². The number of carbonyl (C=O) groups is 1. The third-order valence-electron chi connectivity index (χ3n) is 3.72. The number of fused-ring (bicyclic) bond motifs is 1. The van der Waals surface area contributed by atoms with Gasteiger partial charge >= 0.3 is 18.3 Å². The summed E-state index contributed by atoms with van der Waals surface area (Å²) < 4.78 is 77.5. The van der Waals surface area contributed by atoms with Gasteiger partial charge in [0.1, 0.15) is 5.75 Å². The summed E-state index contributed by atoms with van der Waals surface area (Å²) >= 11 is 0. The van der Waals surface area contributed by atoms with E-state index in [1.165, 1.54) is 11.7 Å². The van der Waals surface area contributed by atoms with E-state index >= 15 is 0 Å². The number of hydrogen-bond donors (Lipinski definition) is 2. The smallest absolute Gasteiger partial charge is 0.490 e. The molecule has 2 heterocycles. The van der Waals surface area contributed by atoms with Crippen molar-refractivity contribution in [3.8, 4) is 17.0 Å². The quantitative estimate of drug-likeness (QED) is 0.742. The van der Waals surface area contributed by atoms with Gasteiger partial charge in [0.15, 0.2) is 0 Å². The van der Waals surface area contributed by atoms with Crippen molar-refractivity contribution in [2.75, 3.05) is 13.7 Å². The van der Waals surface area contributed by atoms with Crippen LogP contribution in [0.15, 0.2) is 24.3 Å². The highest BCUT2D eigenvalue weighted by molar-refractivity contribution is 5.73. The van der Waals surface area contributed by atoms with Gasteiger partial charge in [0.2, 0.25) is 5.82 Å². The van der Waals surface area contributed by atoms with Crippen LogP contribution in [0.4, 0.5) is 26.3 Å². The number of hydrogen-bond acceptors (Lipinski definition) is 4. The average molecular weight is 411 g/mol. The third-order valence-corrected chi connectivity index (χ3v) is 3.72. The normalized spacial score (nSPS) is 14.0. The molecule has 1 aliphatic heterocycles. The molecule has 28 heavy (non-hydrogen) atoms. The van der Waals surface area contributed by atoms with E-state index in [1.807, 2.05) is 0 Å². The lowest BCUT2D eigenvalue weighted by atomic mass is 10.1. The number of nitrogens with one attached hydrogen (secondary N) is 1. The number of aliphatic carboxylic acids is 1. The van der Waals surface area contributed by atoms with E-state index in [4.69, 9.17) is 14.6 Å². The van der Waals surface area contributed by atoms with E-state index in [9.17, 15) is 26.3 Å². The molecule has 0 saturated carbocycles. The number of nitrogens with zero attached hydrogens (tertiary/aromatic N) is 2. The molecule has 2 aromatic rings. The second-order valence-corrected chi connectivity index (χ2v) is 5.59. The van der Waals surface area contributed by atoms with Crippen LogP contribution in [-0.2, 0) is 24.1 Å². The molecule has 0 aliphatic carbocycles. The lowest BCUT2D eigenvalue weighted by molar-refractivity contribution is -0.192. The van der Waals surface area contributed by atoms with Crippen LogP contribution in [0.5, 0.6) is 5.75 Å². The summed E-state index contributed by atoms with van der Waals surface area (Å²) in [5, 5.41) is 10.2. The number of ether oxygens (including phenoxy) is 1. The predicted octanol–water partition coefficient (Wildman–Crippen LogP) is 3.31. The summed E-state index contributed by atoms with van der Waals surface area (Å²) in [6.45, 7) is 1.14. The summed E-state index contributed by atoms with van der Waals surface area (Å²) in [6, 6.07) is 6.91. The molecule has 0 bridgehead atoms. The van der Waals surface area contributed by atoms with Crippen LogP contribution in [0.1, 0.15) is 11.5 Å². The monoisotopic (exact) mass is 411 g/mol. The molecule has 0 spiro atoms. The molecule has 0 unspecified atom stereocenters.